The summed E-state index contributed by atoms with van der Waals surface area (Å²) in [6.07, 6.45) is 3.55. The summed E-state index contributed by atoms with van der Waals surface area (Å²) in [6.45, 7) is 2.08. The Morgan fingerprint density at radius 2 is 2.13 bits per heavy atom. The molecule has 4 nitrogen and oxygen atoms in total. The molecular formula is C17H21ClFNO3. The number of hydrogen-bond donors (Lipinski definition) is 1. The molecule has 1 aromatic rings. The molecule has 1 N–H and O–H groups in total. The van der Waals surface area contributed by atoms with Gasteiger partial charge in [0.05, 0.1) is 12.0 Å². The van der Waals surface area contributed by atoms with Crippen molar-refractivity contribution in [3.05, 3.63) is 34.6 Å². The maximum absolute atomic E-state index is 13.1. The number of benzene rings is 1. The Hall–Kier alpha value is -1.17. The van der Waals surface area contributed by atoms with Gasteiger partial charge in [0.15, 0.2) is 0 Å². The van der Waals surface area contributed by atoms with E-state index in [4.69, 9.17) is 21.1 Å². The first kappa shape index (κ1) is 16.7. The first-order valence-corrected chi connectivity index (χ1v) is 8.39. The molecule has 0 aromatic heterocycles. The van der Waals surface area contributed by atoms with Crippen molar-refractivity contribution in [1.82, 2.24) is 5.32 Å². The molecule has 1 aromatic carbocycles. The molecular weight excluding hydrogens is 321 g/mol. The predicted octanol–water partition coefficient (Wildman–Crippen LogP) is 2.87. The maximum atomic E-state index is 13.1. The summed E-state index contributed by atoms with van der Waals surface area (Å²) in [7, 11) is 0. The van der Waals surface area contributed by atoms with Crippen LogP contribution in [0.15, 0.2) is 18.2 Å². The zero-order chi connectivity index (χ0) is 16.3. The fourth-order valence-electron chi connectivity index (χ4n) is 3.36. The summed E-state index contributed by atoms with van der Waals surface area (Å²) in [6, 6.07) is 4.21. The third-order valence-electron chi connectivity index (χ3n) is 4.63. The lowest BCUT2D eigenvalue weighted by Crippen LogP contribution is -2.51. The Balaban J connectivity index is 1.57. The highest BCUT2D eigenvalue weighted by Crippen LogP contribution is 2.34. The molecule has 0 unspecified atom stereocenters. The van der Waals surface area contributed by atoms with Crippen molar-refractivity contribution in [1.29, 1.82) is 0 Å². The van der Waals surface area contributed by atoms with Gasteiger partial charge in [0.25, 0.3) is 0 Å². The minimum Gasteiger partial charge on any atom is -0.381 e. The highest BCUT2D eigenvalue weighted by Gasteiger charge is 2.39. The number of hydrogen-bond acceptors (Lipinski definition) is 3. The molecule has 6 heteroatoms. The van der Waals surface area contributed by atoms with Gasteiger partial charge in [-0.05, 0) is 43.4 Å². The van der Waals surface area contributed by atoms with Crippen LogP contribution in [0.4, 0.5) is 4.39 Å². The van der Waals surface area contributed by atoms with Crippen LogP contribution >= 0.6 is 11.6 Å². The molecule has 126 valence electrons. The zero-order valence-electron chi connectivity index (χ0n) is 12.9. The van der Waals surface area contributed by atoms with Gasteiger partial charge in [-0.1, -0.05) is 17.7 Å². The van der Waals surface area contributed by atoms with E-state index in [1.54, 1.807) is 6.07 Å². The maximum Gasteiger partial charge on any atom is 0.224 e. The van der Waals surface area contributed by atoms with Gasteiger partial charge in [0.1, 0.15) is 5.82 Å². The summed E-state index contributed by atoms with van der Waals surface area (Å²) in [5.74, 6) is -0.488. The summed E-state index contributed by atoms with van der Waals surface area (Å²) in [4.78, 5) is 12.3. The lowest BCUT2D eigenvalue weighted by molar-refractivity contribution is -0.143. The van der Waals surface area contributed by atoms with E-state index in [-0.39, 0.29) is 29.0 Å². The zero-order valence-corrected chi connectivity index (χ0v) is 13.7. The molecule has 0 bridgehead atoms. The van der Waals surface area contributed by atoms with Gasteiger partial charge in [0, 0.05) is 30.9 Å². The number of amides is 1. The average molecular weight is 342 g/mol. The van der Waals surface area contributed by atoms with Crippen LogP contribution in [0, 0.1) is 5.82 Å². The van der Waals surface area contributed by atoms with Gasteiger partial charge in [-0.2, -0.15) is 0 Å². The molecule has 3 rings (SSSR count). The third-order valence-corrected chi connectivity index (χ3v) is 4.98. The number of carbonyl (C=O) groups excluding carboxylic acids is 1. The Bertz CT molecular complexity index is 569. The molecule has 0 saturated carbocycles. The highest BCUT2D eigenvalue weighted by molar-refractivity contribution is 6.31. The van der Waals surface area contributed by atoms with Crippen LogP contribution in [-0.2, 0) is 20.7 Å². The Labute approximate surface area is 140 Å². The van der Waals surface area contributed by atoms with Crippen LogP contribution in [0.25, 0.3) is 0 Å². The molecule has 2 aliphatic heterocycles. The van der Waals surface area contributed by atoms with Crippen molar-refractivity contribution in [2.24, 2.45) is 0 Å². The van der Waals surface area contributed by atoms with Crippen molar-refractivity contribution < 1.29 is 18.7 Å². The van der Waals surface area contributed by atoms with Crippen molar-refractivity contribution in [2.45, 2.75) is 43.7 Å². The second-order valence-corrected chi connectivity index (χ2v) is 6.72. The van der Waals surface area contributed by atoms with Crippen LogP contribution in [0.2, 0.25) is 5.02 Å². The largest absolute Gasteiger partial charge is 0.381 e. The van der Waals surface area contributed by atoms with Crippen LogP contribution < -0.4 is 5.32 Å². The first-order valence-electron chi connectivity index (χ1n) is 8.01. The minimum absolute atomic E-state index is 0.0902. The van der Waals surface area contributed by atoms with E-state index in [0.717, 1.165) is 25.7 Å². The fraction of sp³-hybridized carbons (Fsp3) is 0.588. The highest BCUT2D eigenvalue weighted by atomic mass is 35.5. The van der Waals surface area contributed by atoms with Gasteiger partial charge in [-0.15, -0.1) is 0 Å². The second-order valence-electron chi connectivity index (χ2n) is 6.31. The van der Waals surface area contributed by atoms with Crippen molar-refractivity contribution >= 4 is 17.5 Å². The standard InChI is InChI=1S/C17H21ClFNO3/c18-15-10-13(19)2-1-12(15)9-16(21)20-14-3-6-23-17(11-14)4-7-22-8-5-17/h1-2,10,14H,3-9,11H2,(H,20,21)/t14-/m1/s1. The van der Waals surface area contributed by atoms with Gasteiger partial charge >= 0.3 is 0 Å². The predicted molar refractivity (Wildman–Crippen MR) is 85.0 cm³/mol. The molecule has 0 radical (unpaired) electrons. The van der Waals surface area contributed by atoms with E-state index in [1.807, 2.05) is 0 Å². The summed E-state index contributed by atoms with van der Waals surface area (Å²) in [5, 5.41) is 3.35. The summed E-state index contributed by atoms with van der Waals surface area (Å²) < 4.78 is 24.4. The van der Waals surface area contributed by atoms with Gasteiger partial charge in [-0.25, -0.2) is 4.39 Å². The number of halogens is 2. The average Bonchev–Trinajstić information content (AvgIpc) is 2.51. The lowest BCUT2D eigenvalue weighted by atomic mass is 9.84. The quantitative estimate of drug-likeness (QED) is 0.919. The van der Waals surface area contributed by atoms with E-state index < -0.39 is 5.82 Å². The third kappa shape index (κ3) is 4.22. The number of rotatable bonds is 3. The van der Waals surface area contributed by atoms with Crippen LogP contribution in [0.5, 0.6) is 0 Å². The monoisotopic (exact) mass is 341 g/mol. The second kappa shape index (κ2) is 7.16. The fourth-order valence-corrected chi connectivity index (χ4v) is 3.59. The van der Waals surface area contributed by atoms with Crippen LogP contribution in [0.1, 0.15) is 31.2 Å². The van der Waals surface area contributed by atoms with Crippen LogP contribution in [-0.4, -0.2) is 37.4 Å². The Kier molecular flexibility index (Phi) is 5.19. The summed E-state index contributed by atoms with van der Waals surface area (Å²) in [5.41, 5.74) is 0.487. The normalized spacial score (nSPS) is 23.7. The van der Waals surface area contributed by atoms with E-state index >= 15 is 0 Å². The Morgan fingerprint density at radius 1 is 1.35 bits per heavy atom. The number of nitrogens with one attached hydrogen (secondary N) is 1. The number of carbonyl (C=O) groups is 1. The minimum atomic E-state index is -0.398. The molecule has 2 fully saturated rings. The molecule has 2 aliphatic rings. The van der Waals surface area contributed by atoms with Crippen molar-refractivity contribution in [2.75, 3.05) is 19.8 Å². The molecule has 1 atom stereocenters. The van der Waals surface area contributed by atoms with E-state index in [1.165, 1.54) is 12.1 Å². The molecule has 2 heterocycles. The first-order chi connectivity index (χ1) is 11.1. The molecule has 1 spiro atoms. The number of ether oxygens (including phenoxy) is 2. The van der Waals surface area contributed by atoms with E-state index in [9.17, 15) is 9.18 Å². The van der Waals surface area contributed by atoms with Crippen LogP contribution in [0.3, 0.4) is 0 Å². The lowest BCUT2D eigenvalue weighted by Gasteiger charge is -2.43. The van der Waals surface area contributed by atoms with Gasteiger partial charge < -0.3 is 14.8 Å². The summed E-state index contributed by atoms with van der Waals surface area (Å²) >= 11 is 5.98. The van der Waals surface area contributed by atoms with Crippen molar-refractivity contribution in [3.63, 3.8) is 0 Å². The van der Waals surface area contributed by atoms with E-state index in [0.29, 0.717) is 25.4 Å². The molecule has 23 heavy (non-hydrogen) atoms. The topological polar surface area (TPSA) is 47.6 Å². The van der Waals surface area contributed by atoms with Gasteiger partial charge in [0.2, 0.25) is 5.91 Å². The smallest absolute Gasteiger partial charge is 0.224 e. The van der Waals surface area contributed by atoms with Gasteiger partial charge in [-0.3, -0.25) is 4.79 Å². The van der Waals surface area contributed by atoms with Crippen molar-refractivity contribution in [3.8, 4) is 0 Å². The Morgan fingerprint density at radius 3 is 2.87 bits per heavy atom. The van der Waals surface area contributed by atoms with E-state index in [2.05, 4.69) is 5.32 Å². The molecule has 1 amide bonds. The molecule has 0 aliphatic carbocycles. The SMILES string of the molecule is O=C(Cc1ccc(F)cc1Cl)N[C@@H]1CCOC2(CCOCC2)C1. The molecule has 2 saturated heterocycles.